The van der Waals surface area contributed by atoms with Crippen molar-refractivity contribution >= 4 is 5.78 Å². The Morgan fingerprint density at radius 2 is 2.14 bits per heavy atom. The summed E-state index contributed by atoms with van der Waals surface area (Å²) in [5.41, 5.74) is 0.855. The summed E-state index contributed by atoms with van der Waals surface area (Å²) in [4.78, 5) is 11.2. The van der Waals surface area contributed by atoms with Crippen LogP contribution in [0, 0.1) is 6.92 Å². The molecule has 0 fully saturated rings. The number of hydrogen-bond acceptors (Lipinski definition) is 4. The third kappa shape index (κ3) is 1.85. The van der Waals surface area contributed by atoms with E-state index >= 15 is 0 Å². The fourth-order valence-electron chi connectivity index (χ4n) is 1.15. The number of Topliss-reactive ketones (excluding diaryl/α,β-unsaturated/α-hetero) is 1. The van der Waals surface area contributed by atoms with Gasteiger partial charge in [-0.2, -0.15) is 0 Å². The molecule has 0 atom stereocenters. The summed E-state index contributed by atoms with van der Waals surface area (Å²) in [5.74, 6) is -0.0894. The van der Waals surface area contributed by atoms with Crippen LogP contribution in [0.25, 0.3) is 0 Å². The van der Waals surface area contributed by atoms with Gasteiger partial charge in [-0.1, -0.05) is 0 Å². The Bertz CT molecular complexity index is 357. The van der Waals surface area contributed by atoms with E-state index in [4.69, 9.17) is 9.84 Å². The van der Waals surface area contributed by atoms with E-state index in [1.54, 1.807) is 6.92 Å². The summed E-state index contributed by atoms with van der Waals surface area (Å²) in [7, 11) is 1.40. The normalized spacial score (nSPS) is 9.93. The quantitative estimate of drug-likeness (QED) is 0.704. The Morgan fingerprint density at radius 1 is 1.50 bits per heavy atom. The fourth-order valence-corrected chi connectivity index (χ4v) is 1.15. The predicted octanol–water partition coefficient (Wildman–Crippen LogP) is 0.884. The Balaban J connectivity index is 3.27. The lowest BCUT2D eigenvalue weighted by atomic mass is 10.1. The van der Waals surface area contributed by atoms with Gasteiger partial charge in [-0.05, 0) is 18.6 Å². The molecular formula is C10H12O4. The van der Waals surface area contributed by atoms with Crippen LogP contribution in [0.5, 0.6) is 11.5 Å². The SMILES string of the molecule is COc1cc(O)c(C)cc1C(=O)CO. The largest absolute Gasteiger partial charge is 0.508 e. The van der Waals surface area contributed by atoms with E-state index in [-0.39, 0.29) is 17.1 Å². The highest BCUT2D eigenvalue weighted by Gasteiger charge is 2.13. The van der Waals surface area contributed by atoms with Crippen LogP contribution in [0.4, 0.5) is 0 Å². The molecule has 1 aromatic carbocycles. The van der Waals surface area contributed by atoms with Crippen molar-refractivity contribution in [2.75, 3.05) is 13.7 Å². The van der Waals surface area contributed by atoms with E-state index in [1.807, 2.05) is 0 Å². The second-order valence-corrected chi connectivity index (χ2v) is 2.92. The molecule has 0 aliphatic rings. The van der Waals surface area contributed by atoms with Crippen LogP contribution in [-0.2, 0) is 0 Å². The number of benzene rings is 1. The summed E-state index contributed by atoms with van der Waals surface area (Å²) >= 11 is 0. The van der Waals surface area contributed by atoms with Gasteiger partial charge < -0.3 is 14.9 Å². The fraction of sp³-hybridized carbons (Fsp3) is 0.300. The van der Waals surface area contributed by atoms with E-state index in [2.05, 4.69) is 0 Å². The molecule has 2 N–H and O–H groups in total. The molecule has 0 spiro atoms. The number of ketones is 1. The highest BCUT2D eigenvalue weighted by atomic mass is 16.5. The number of aliphatic hydroxyl groups excluding tert-OH is 1. The molecule has 1 aromatic rings. The first kappa shape index (κ1) is 10.5. The Morgan fingerprint density at radius 3 is 2.64 bits per heavy atom. The number of aliphatic hydroxyl groups is 1. The maximum absolute atomic E-state index is 11.2. The first-order valence-electron chi connectivity index (χ1n) is 4.11. The summed E-state index contributed by atoms with van der Waals surface area (Å²) in [5, 5.41) is 18.1. The predicted molar refractivity (Wildman–Crippen MR) is 50.8 cm³/mol. The van der Waals surface area contributed by atoms with Crippen molar-refractivity contribution in [3.8, 4) is 11.5 Å². The van der Waals surface area contributed by atoms with Gasteiger partial charge in [-0.15, -0.1) is 0 Å². The van der Waals surface area contributed by atoms with Crippen molar-refractivity contribution in [3.63, 3.8) is 0 Å². The zero-order valence-electron chi connectivity index (χ0n) is 8.07. The first-order valence-corrected chi connectivity index (χ1v) is 4.11. The molecule has 4 nitrogen and oxygen atoms in total. The Kier molecular flexibility index (Phi) is 3.09. The van der Waals surface area contributed by atoms with E-state index < -0.39 is 12.4 Å². The lowest BCUT2D eigenvalue weighted by Gasteiger charge is -2.08. The number of carbonyl (C=O) groups is 1. The minimum atomic E-state index is -0.569. The minimum absolute atomic E-state index is 0.0661. The average Bonchev–Trinajstić information content (AvgIpc) is 2.20. The molecule has 0 aromatic heterocycles. The van der Waals surface area contributed by atoms with Gasteiger partial charge in [0.05, 0.1) is 12.7 Å². The number of aromatic hydroxyl groups is 1. The van der Waals surface area contributed by atoms with Gasteiger partial charge in [0.1, 0.15) is 18.1 Å². The van der Waals surface area contributed by atoms with Gasteiger partial charge >= 0.3 is 0 Å². The van der Waals surface area contributed by atoms with Gasteiger partial charge in [-0.3, -0.25) is 4.79 Å². The van der Waals surface area contributed by atoms with Gasteiger partial charge in [0.15, 0.2) is 5.78 Å². The van der Waals surface area contributed by atoms with Gasteiger partial charge in [-0.25, -0.2) is 0 Å². The van der Waals surface area contributed by atoms with Crippen molar-refractivity contribution < 1.29 is 19.7 Å². The van der Waals surface area contributed by atoms with Crippen LogP contribution >= 0.6 is 0 Å². The molecule has 76 valence electrons. The monoisotopic (exact) mass is 196 g/mol. The zero-order chi connectivity index (χ0) is 10.7. The Labute approximate surface area is 81.8 Å². The van der Waals surface area contributed by atoms with Crippen LogP contribution < -0.4 is 4.74 Å². The summed E-state index contributed by atoms with van der Waals surface area (Å²) < 4.78 is 4.91. The van der Waals surface area contributed by atoms with E-state index in [9.17, 15) is 9.90 Å². The first-order chi connectivity index (χ1) is 6.60. The molecule has 0 aliphatic carbocycles. The number of carbonyl (C=O) groups excluding carboxylic acids is 1. The molecule has 0 bridgehead atoms. The van der Waals surface area contributed by atoms with Crippen LogP contribution in [0.3, 0.4) is 0 Å². The third-order valence-electron chi connectivity index (χ3n) is 1.96. The third-order valence-corrected chi connectivity index (χ3v) is 1.96. The van der Waals surface area contributed by atoms with Crippen molar-refractivity contribution in [2.24, 2.45) is 0 Å². The molecule has 0 unspecified atom stereocenters. The van der Waals surface area contributed by atoms with Crippen LogP contribution in [0.1, 0.15) is 15.9 Å². The van der Waals surface area contributed by atoms with Crippen LogP contribution in [-0.4, -0.2) is 29.7 Å². The highest BCUT2D eigenvalue weighted by molar-refractivity contribution is 5.99. The van der Waals surface area contributed by atoms with E-state index in [0.29, 0.717) is 5.56 Å². The molecule has 0 heterocycles. The molecular weight excluding hydrogens is 184 g/mol. The zero-order valence-corrected chi connectivity index (χ0v) is 8.07. The number of phenolic OH excluding ortho intramolecular Hbond substituents is 1. The van der Waals surface area contributed by atoms with Gasteiger partial charge in [0.2, 0.25) is 0 Å². The van der Waals surface area contributed by atoms with Crippen LogP contribution in [0.15, 0.2) is 12.1 Å². The topological polar surface area (TPSA) is 66.8 Å². The molecule has 1 rings (SSSR count). The van der Waals surface area contributed by atoms with E-state index in [0.717, 1.165) is 0 Å². The highest BCUT2D eigenvalue weighted by Crippen LogP contribution is 2.27. The molecule has 0 amide bonds. The van der Waals surface area contributed by atoms with Gasteiger partial charge in [0.25, 0.3) is 0 Å². The molecule has 0 radical (unpaired) electrons. The van der Waals surface area contributed by atoms with Gasteiger partial charge in [0, 0.05) is 6.07 Å². The van der Waals surface area contributed by atoms with Crippen molar-refractivity contribution in [1.82, 2.24) is 0 Å². The summed E-state index contributed by atoms with van der Waals surface area (Å²) in [6.07, 6.45) is 0. The molecule has 0 saturated heterocycles. The van der Waals surface area contributed by atoms with Crippen molar-refractivity contribution in [3.05, 3.63) is 23.3 Å². The number of methoxy groups -OCH3 is 1. The number of ether oxygens (including phenoxy) is 1. The number of rotatable bonds is 3. The summed E-state index contributed by atoms with van der Waals surface area (Å²) in [6, 6.07) is 2.85. The van der Waals surface area contributed by atoms with Crippen LogP contribution in [0.2, 0.25) is 0 Å². The smallest absolute Gasteiger partial charge is 0.191 e. The second-order valence-electron chi connectivity index (χ2n) is 2.92. The average molecular weight is 196 g/mol. The second kappa shape index (κ2) is 4.11. The van der Waals surface area contributed by atoms with Crippen molar-refractivity contribution in [1.29, 1.82) is 0 Å². The Hall–Kier alpha value is -1.55. The number of hydrogen-bond donors (Lipinski definition) is 2. The molecule has 0 saturated carbocycles. The number of phenols is 1. The molecule has 4 heteroatoms. The maximum atomic E-state index is 11.2. The lowest BCUT2D eigenvalue weighted by Crippen LogP contribution is -2.06. The molecule has 0 aliphatic heterocycles. The minimum Gasteiger partial charge on any atom is -0.508 e. The lowest BCUT2D eigenvalue weighted by molar-refractivity contribution is 0.0900. The molecule has 14 heavy (non-hydrogen) atoms. The van der Waals surface area contributed by atoms with E-state index in [1.165, 1.54) is 19.2 Å². The standard InChI is InChI=1S/C10H12O4/c1-6-3-7(9(13)5-11)10(14-2)4-8(6)12/h3-4,11-12H,5H2,1-2H3. The van der Waals surface area contributed by atoms with Crippen molar-refractivity contribution in [2.45, 2.75) is 6.92 Å². The maximum Gasteiger partial charge on any atom is 0.191 e. The summed E-state index contributed by atoms with van der Waals surface area (Å²) in [6.45, 7) is 1.10. The number of aryl methyl sites for hydroxylation is 1.